The summed E-state index contributed by atoms with van der Waals surface area (Å²) in [5.41, 5.74) is 2.69. The Morgan fingerprint density at radius 2 is 1.75 bits per heavy atom. The predicted octanol–water partition coefficient (Wildman–Crippen LogP) is 4.76. The number of carbonyl (C=O) groups is 2. The molecular weight excluding hydrogens is 523 g/mol. The van der Waals surface area contributed by atoms with Crippen LogP contribution >= 0.6 is 0 Å². The lowest BCUT2D eigenvalue weighted by Gasteiger charge is -2.32. The van der Waals surface area contributed by atoms with Gasteiger partial charge < -0.3 is 14.6 Å². The van der Waals surface area contributed by atoms with E-state index in [0.717, 1.165) is 41.6 Å². The number of anilines is 1. The van der Waals surface area contributed by atoms with Crippen molar-refractivity contribution in [2.75, 3.05) is 18.4 Å². The second-order valence-corrected chi connectivity index (χ2v) is 9.78. The summed E-state index contributed by atoms with van der Waals surface area (Å²) in [5, 5.41) is 11.0. The predicted molar refractivity (Wildman–Crippen MR) is 141 cm³/mol. The number of fused-ring (bicyclic) bond motifs is 2. The second kappa shape index (κ2) is 10.1. The first-order chi connectivity index (χ1) is 19.2. The van der Waals surface area contributed by atoms with Crippen LogP contribution < -0.4 is 5.32 Å². The minimum atomic E-state index is -4.48. The summed E-state index contributed by atoms with van der Waals surface area (Å²) >= 11 is 0. The molecule has 3 aromatic heterocycles. The van der Waals surface area contributed by atoms with Crippen molar-refractivity contribution in [1.29, 1.82) is 0 Å². The zero-order chi connectivity index (χ0) is 27.9. The zero-order valence-corrected chi connectivity index (χ0v) is 21.2. The lowest BCUT2D eigenvalue weighted by Crippen LogP contribution is -2.38. The van der Waals surface area contributed by atoms with Crippen LogP contribution in [0.4, 0.5) is 18.9 Å². The van der Waals surface area contributed by atoms with E-state index in [1.54, 1.807) is 9.58 Å². The highest BCUT2D eigenvalue weighted by Crippen LogP contribution is 2.31. The van der Waals surface area contributed by atoms with Crippen LogP contribution in [0, 0.1) is 0 Å². The molecule has 0 saturated carbocycles. The molecule has 1 aliphatic rings. The van der Waals surface area contributed by atoms with E-state index >= 15 is 0 Å². The Labute approximate surface area is 226 Å². The summed E-state index contributed by atoms with van der Waals surface area (Å²) in [6, 6.07) is 17.0. The van der Waals surface area contributed by atoms with E-state index in [1.165, 1.54) is 16.8 Å². The van der Waals surface area contributed by atoms with Crippen LogP contribution in [0.2, 0.25) is 0 Å². The van der Waals surface area contributed by atoms with Gasteiger partial charge in [-0.2, -0.15) is 13.2 Å². The van der Waals surface area contributed by atoms with Crippen molar-refractivity contribution in [2.24, 2.45) is 0 Å². The summed E-state index contributed by atoms with van der Waals surface area (Å²) in [7, 11) is 0. The highest BCUT2D eigenvalue weighted by atomic mass is 19.4. The molecule has 1 N–H and O–H groups in total. The third-order valence-electron chi connectivity index (χ3n) is 7.17. The highest BCUT2D eigenvalue weighted by molar-refractivity contribution is 5.93. The number of amides is 2. The third kappa shape index (κ3) is 5.12. The van der Waals surface area contributed by atoms with Gasteiger partial charge in [-0.3, -0.25) is 9.59 Å². The Kier molecular flexibility index (Phi) is 6.45. The van der Waals surface area contributed by atoms with E-state index in [4.69, 9.17) is 0 Å². The number of carbonyl (C=O) groups excluding carboxylic acids is 2. The van der Waals surface area contributed by atoms with Crippen LogP contribution in [-0.2, 0) is 17.5 Å². The summed E-state index contributed by atoms with van der Waals surface area (Å²) in [6.45, 7) is 1.07. The van der Waals surface area contributed by atoms with Gasteiger partial charge in [-0.15, -0.1) is 5.10 Å². The number of pyridine rings is 1. The number of para-hydroxylation sites is 1. The van der Waals surface area contributed by atoms with E-state index < -0.39 is 11.7 Å². The van der Waals surface area contributed by atoms with Gasteiger partial charge in [0.25, 0.3) is 5.91 Å². The fraction of sp³-hybridized carbons (Fsp3) is 0.250. The fourth-order valence-electron chi connectivity index (χ4n) is 5.05. The van der Waals surface area contributed by atoms with Crippen LogP contribution in [0.1, 0.15) is 40.4 Å². The van der Waals surface area contributed by atoms with Crippen molar-refractivity contribution in [2.45, 2.75) is 31.5 Å². The van der Waals surface area contributed by atoms with Crippen LogP contribution in [0.25, 0.3) is 16.7 Å². The number of hydrogen-bond donors (Lipinski definition) is 1. The van der Waals surface area contributed by atoms with Crippen molar-refractivity contribution >= 4 is 34.2 Å². The number of benzene rings is 2. The molecule has 12 heteroatoms. The van der Waals surface area contributed by atoms with Crippen molar-refractivity contribution in [3.8, 4) is 0 Å². The van der Waals surface area contributed by atoms with Crippen LogP contribution in [-0.4, -0.2) is 54.2 Å². The van der Waals surface area contributed by atoms with Crippen LogP contribution in [0.5, 0.6) is 0 Å². The summed E-state index contributed by atoms with van der Waals surface area (Å²) < 4.78 is 42.0. The van der Waals surface area contributed by atoms with Gasteiger partial charge in [0.1, 0.15) is 23.4 Å². The average Bonchev–Trinajstić information content (AvgIpc) is 3.57. The fourth-order valence-corrected chi connectivity index (χ4v) is 5.05. The van der Waals surface area contributed by atoms with Crippen LogP contribution in [0.3, 0.4) is 0 Å². The zero-order valence-electron chi connectivity index (χ0n) is 21.2. The number of nitrogens with zero attached hydrogens (tertiary/aromatic N) is 6. The Bertz CT molecular complexity index is 1700. The van der Waals surface area contributed by atoms with Gasteiger partial charge in [-0.1, -0.05) is 29.5 Å². The Morgan fingerprint density at radius 3 is 2.50 bits per heavy atom. The minimum Gasteiger partial charge on any atom is -0.337 e. The number of imidazole rings is 1. The number of likely N-dealkylation sites (tertiary alicyclic amines) is 1. The summed E-state index contributed by atoms with van der Waals surface area (Å²) in [4.78, 5) is 31.4. The molecule has 0 unspecified atom stereocenters. The van der Waals surface area contributed by atoms with E-state index in [0.29, 0.717) is 18.8 Å². The Hall–Kier alpha value is -4.74. The molecule has 0 atom stereocenters. The lowest BCUT2D eigenvalue weighted by atomic mass is 9.89. The molecule has 204 valence electrons. The first-order valence-electron chi connectivity index (χ1n) is 12.8. The van der Waals surface area contributed by atoms with E-state index in [2.05, 4.69) is 20.6 Å². The highest BCUT2D eigenvalue weighted by Gasteiger charge is 2.31. The van der Waals surface area contributed by atoms with Crippen molar-refractivity contribution in [3.63, 3.8) is 0 Å². The summed E-state index contributed by atoms with van der Waals surface area (Å²) in [5.74, 6) is -0.267. The number of rotatable bonds is 5. The molecule has 1 fully saturated rings. The minimum absolute atomic E-state index is 0.0462. The standard InChI is InChI=1S/C28H24F3N7O2/c29-28(30,31)20-11-14-37-16-23(33-25(37)15-20)27(40)36-12-9-19(10-13-36)18-5-7-21(8-6-18)32-26(39)17-38-24-4-2-1-3-22(24)34-35-38/h1-8,11,14-16,19H,9-10,12-13,17H2,(H,32,39). The second-order valence-electron chi connectivity index (χ2n) is 9.78. The van der Waals surface area contributed by atoms with E-state index in [9.17, 15) is 22.8 Å². The molecule has 0 aliphatic carbocycles. The van der Waals surface area contributed by atoms with Crippen molar-refractivity contribution < 1.29 is 22.8 Å². The lowest BCUT2D eigenvalue weighted by molar-refractivity contribution is -0.137. The Morgan fingerprint density at radius 1 is 1.00 bits per heavy atom. The van der Waals surface area contributed by atoms with Gasteiger partial charge in [-0.25, -0.2) is 9.67 Å². The van der Waals surface area contributed by atoms with Crippen molar-refractivity contribution in [1.82, 2.24) is 29.3 Å². The maximum atomic E-state index is 13.0. The van der Waals surface area contributed by atoms with Gasteiger partial charge in [0, 0.05) is 31.2 Å². The summed E-state index contributed by atoms with van der Waals surface area (Å²) in [6.07, 6.45) is -0.277. The van der Waals surface area contributed by atoms with Gasteiger partial charge in [-0.05, 0) is 60.7 Å². The number of hydrogen-bond acceptors (Lipinski definition) is 5. The van der Waals surface area contributed by atoms with Crippen molar-refractivity contribution in [3.05, 3.63) is 89.9 Å². The topological polar surface area (TPSA) is 97.4 Å². The molecule has 9 nitrogen and oxygen atoms in total. The third-order valence-corrected chi connectivity index (χ3v) is 7.17. The SMILES string of the molecule is O=C(Cn1nnc2ccccc21)Nc1ccc(C2CCN(C(=O)c3cn4ccc(C(F)(F)F)cc4n3)CC2)cc1. The smallest absolute Gasteiger partial charge is 0.337 e. The van der Waals surface area contributed by atoms with Gasteiger partial charge in [0.2, 0.25) is 5.91 Å². The molecule has 40 heavy (non-hydrogen) atoms. The first kappa shape index (κ1) is 25.5. The molecule has 1 aliphatic heterocycles. The molecule has 4 heterocycles. The molecule has 2 amide bonds. The molecule has 0 radical (unpaired) electrons. The number of alkyl halides is 3. The number of nitrogens with one attached hydrogen (secondary N) is 1. The number of aromatic nitrogens is 5. The van der Waals surface area contributed by atoms with Gasteiger partial charge in [0.05, 0.1) is 11.1 Å². The molecule has 0 bridgehead atoms. The number of piperidine rings is 1. The van der Waals surface area contributed by atoms with E-state index in [-0.39, 0.29) is 35.6 Å². The molecular formula is C28H24F3N7O2. The molecule has 0 spiro atoms. The maximum absolute atomic E-state index is 13.0. The average molecular weight is 548 g/mol. The normalized spacial score (nSPS) is 14.6. The molecule has 5 aromatic rings. The maximum Gasteiger partial charge on any atom is 0.416 e. The monoisotopic (exact) mass is 547 g/mol. The first-order valence-corrected chi connectivity index (χ1v) is 12.8. The number of halogens is 3. The molecule has 2 aromatic carbocycles. The van der Waals surface area contributed by atoms with Gasteiger partial charge >= 0.3 is 6.18 Å². The Balaban J connectivity index is 1.04. The van der Waals surface area contributed by atoms with Crippen LogP contribution in [0.15, 0.2) is 73.1 Å². The molecule has 6 rings (SSSR count). The quantitative estimate of drug-likeness (QED) is 0.342. The molecule has 1 saturated heterocycles. The van der Waals surface area contributed by atoms with Gasteiger partial charge in [0.15, 0.2) is 0 Å². The van der Waals surface area contributed by atoms with E-state index in [1.807, 2.05) is 48.5 Å². The largest absolute Gasteiger partial charge is 0.416 e.